The Labute approximate surface area is 188 Å². The van der Waals surface area contributed by atoms with Gasteiger partial charge in [0.1, 0.15) is 5.84 Å². The Hall–Kier alpha value is -2.22. The van der Waals surface area contributed by atoms with Crippen molar-refractivity contribution in [2.75, 3.05) is 17.7 Å². The minimum Gasteiger partial charge on any atom is -0.362 e. The monoisotopic (exact) mass is 462 g/mol. The minimum absolute atomic E-state index is 0.00952. The molecule has 0 aromatic heterocycles. The molecule has 0 saturated carbocycles. The summed E-state index contributed by atoms with van der Waals surface area (Å²) in [6.07, 6.45) is 5.16. The van der Waals surface area contributed by atoms with Crippen molar-refractivity contribution in [3.05, 3.63) is 59.1 Å². The lowest BCUT2D eigenvalue weighted by Gasteiger charge is -2.23. The number of halogens is 1. The molecule has 1 aliphatic heterocycles. The van der Waals surface area contributed by atoms with E-state index < -0.39 is 15.6 Å². The summed E-state index contributed by atoms with van der Waals surface area (Å²) in [5.74, 6) is 0.0945. The zero-order valence-electron chi connectivity index (χ0n) is 17.7. The smallest absolute Gasteiger partial charge is 0.236 e. The van der Waals surface area contributed by atoms with Crippen molar-refractivity contribution in [3.63, 3.8) is 0 Å². The zero-order valence-corrected chi connectivity index (χ0v) is 19.3. The van der Waals surface area contributed by atoms with Gasteiger partial charge >= 0.3 is 0 Å². The number of aliphatic hydroxyl groups is 1. The number of nitrogens with zero attached hydrogens (tertiary/aromatic N) is 2. The van der Waals surface area contributed by atoms with Gasteiger partial charge in [0.25, 0.3) is 0 Å². The van der Waals surface area contributed by atoms with Gasteiger partial charge in [0, 0.05) is 29.0 Å². The normalized spacial score (nSPS) is 18.8. The van der Waals surface area contributed by atoms with E-state index in [-0.39, 0.29) is 23.6 Å². The van der Waals surface area contributed by atoms with Gasteiger partial charge in [0.15, 0.2) is 15.6 Å². The quantitative estimate of drug-likeness (QED) is 0.563. The van der Waals surface area contributed by atoms with Crippen molar-refractivity contribution in [2.24, 2.45) is 4.99 Å². The molecular formula is C23H27ClN2O4S. The van der Waals surface area contributed by atoms with Gasteiger partial charge in [-0.2, -0.15) is 0 Å². The summed E-state index contributed by atoms with van der Waals surface area (Å²) in [6.45, 7) is 2.09. The van der Waals surface area contributed by atoms with Gasteiger partial charge in [0.05, 0.1) is 11.4 Å². The van der Waals surface area contributed by atoms with E-state index in [0.29, 0.717) is 22.8 Å². The largest absolute Gasteiger partial charge is 0.362 e. The van der Waals surface area contributed by atoms with E-state index in [0.717, 1.165) is 31.2 Å². The van der Waals surface area contributed by atoms with Crippen LogP contribution in [0.5, 0.6) is 0 Å². The highest BCUT2D eigenvalue weighted by atomic mass is 35.5. The van der Waals surface area contributed by atoms with Crippen molar-refractivity contribution in [2.45, 2.75) is 49.6 Å². The predicted molar refractivity (Wildman–Crippen MR) is 124 cm³/mol. The van der Waals surface area contributed by atoms with E-state index in [4.69, 9.17) is 11.6 Å². The number of β-amino-alcohol motifs (C(OH)–C–C–N with tert-alkyl or cyclic N) is 1. The van der Waals surface area contributed by atoms with Crippen LogP contribution in [0.4, 0.5) is 5.69 Å². The van der Waals surface area contributed by atoms with E-state index in [1.54, 1.807) is 41.3 Å². The third-order valence-corrected chi connectivity index (χ3v) is 6.69. The summed E-state index contributed by atoms with van der Waals surface area (Å²) in [4.78, 5) is 19.2. The van der Waals surface area contributed by atoms with Crippen LogP contribution in [-0.2, 0) is 14.6 Å². The maximum Gasteiger partial charge on any atom is 0.236 e. The maximum atomic E-state index is 12.8. The molecule has 0 aliphatic carbocycles. The van der Waals surface area contributed by atoms with Gasteiger partial charge in [0.2, 0.25) is 5.72 Å². The van der Waals surface area contributed by atoms with Crippen LogP contribution < -0.4 is 4.90 Å². The number of rotatable bonds is 9. The summed E-state index contributed by atoms with van der Waals surface area (Å²) in [6, 6.07) is 13.3. The van der Waals surface area contributed by atoms with Crippen molar-refractivity contribution in [1.82, 2.24) is 0 Å². The summed E-state index contributed by atoms with van der Waals surface area (Å²) in [7, 11) is -3.34. The second kappa shape index (κ2) is 9.51. The highest BCUT2D eigenvalue weighted by molar-refractivity contribution is 7.90. The average molecular weight is 463 g/mol. The number of aliphatic imine (C=N–C) groups is 1. The Kier molecular flexibility index (Phi) is 7.19. The molecule has 0 spiro atoms. The molecule has 0 fully saturated rings. The molecule has 1 heterocycles. The summed E-state index contributed by atoms with van der Waals surface area (Å²) < 4.78 is 23.6. The van der Waals surface area contributed by atoms with Crippen LogP contribution in [0.2, 0.25) is 5.02 Å². The summed E-state index contributed by atoms with van der Waals surface area (Å²) in [5.41, 5.74) is -0.515. The van der Waals surface area contributed by atoms with Crippen molar-refractivity contribution in [3.8, 4) is 0 Å². The van der Waals surface area contributed by atoms with Gasteiger partial charge < -0.3 is 10.0 Å². The second-order valence-electron chi connectivity index (χ2n) is 7.84. The second-order valence-corrected chi connectivity index (χ2v) is 10.3. The minimum atomic E-state index is -3.34. The van der Waals surface area contributed by atoms with Gasteiger partial charge in [-0.15, -0.1) is 0 Å². The fourth-order valence-corrected chi connectivity index (χ4v) is 4.29. The number of carbonyl (C=O) groups is 1. The molecule has 3 rings (SSSR count). The first kappa shape index (κ1) is 23.4. The lowest BCUT2D eigenvalue weighted by molar-refractivity contribution is -0.135. The van der Waals surface area contributed by atoms with Crippen LogP contribution in [0.3, 0.4) is 0 Å². The standard InChI is InChI=1S/C23H27ClN2O4S/c1-3-4-5-6-7-21(27)23(28)16-26(19-12-10-18(24)11-13-19)22(25-23)17-8-14-20(15-9-17)31(2,29)30/h8-15,28H,3-7,16H2,1-2H3. The van der Waals surface area contributed by atoms with Crippen LogP contribution in [0.25, 0.3) is 0 Å². The number of hydrogen-bond donors (Lipinski definition) is 1. The molecule has 1 aliphatic rings. The molecule has 31 heavy (non-hydrogen) atoms. The van der Waals surface area contributed by atoms with Crippen LogP contribution in [0.15, 0.2) is 58.4 Å². The molecule has 8 heteroatoms. The Bertz CT molecular complexity index is 1070. The molecule has 2 aromatic carbocycles. The third-order valence-electron chi connectivity index (χ3n) is 5.31. The fourth-order valence-electron chi connectivity index (χ4n) is 3.54. The molecule has 1 N–H and O–H groups in total. The van der Waals surface area contributed by atoms with Crippen molar-refractivity contribution < 1.29 is 18.3 Å². The van der Waals surface area contributed by atoms with E-state index in [9.17, 15) is 18.3 Å². The molecule has 1 unspecified atom stereocenters. The van der Waals surface area contributed by atoms with Crippen LogP contribution in [0, 0.1) is 0 Å². The number of benzene rings is 2. The molecule has 0 radical (unpaired) electrons. The Morgan fingerprint density at radius 3 is 2.32 bits per heavy atom. The maximum absolute atomic E-state index is 12.8. The van der Waals surface area contributed by atoms with Gasteiger partial charge in [-0.05, 0) is 55.0 Å². The summed E-state index contributed by atoms with van der Waals surface area (Å²) in [5, 5.41) is 11.7. The topological polar surface area (TPSA) is 87.0 Å². The molecule has 1 atom stereocenters. The zero-order chi connectivity index (χ0) is 22.6. The predicted octanol–water partition coefficient (Wildman–Crippen LogP) is 4.24. The Morgan fingerprint density at radius 2 is 1.74 bits per heavy atom. The number of ketones is 1. The number of anilines is 1. The average Bonchev–Trinajstić information content (AvgIpc) is 3.10. The fraction of sp³-hybridized carbons (Fsp3) is 0.391. The van der Waals surface area contributed by atoms with Crippen LogP contribution in [-0.4, -0.2) is 43.7 Å². The lowest BCUT2D eigenvalue weighted by atomic mass is 10.0. The number of sulfone groups is 1. The molecule has 2 aromatic rings. The highest BCUT2D eigenvalue weighted by Crippen LogP contribution is 2.31. The molecule has 166 valence electrons. The van der Waals surface area contributed by atoms with Crippen molar-refractivity contribution >= 4 is 38.7 Å². The van der Waals surface area contributed by atoms with E-state index in [1.165, 1.54) is 12.1 Å². The van der Waals surface area contributed by atoms with E-state index >= 15 is 0 Å². The molecule has 0 bridgehead atoms. The van der Waals surface area contributed by atoms with E-state index in [1.807, 2.05) is 0 Å². The van der Waals surface area contributed by atoms with Crippen LogP contribution in [0.1, 0.15) is 44.6 Å². The number of hydrogen-bond acceptors (Lipinski definition) is 6. The summed E-state index contributed by atoms with van der Waals surface area (Å²) >= 11 is 6.01. The lowest BCUT2D eigenvalue weighted by Crippen LogP contribution is -2.42. The highest BCUT2D eigenvalue weighted by Gasteiger charge is 2.44. The van der Waals surface area contributed by atoms with Gasteiger partial charge in [-0.1, -0.05) is 37.8 Å². The first-order valence-electron chi connectivity index (χ1n) is 10.3. The van der Waals surface area contributed by atoms with Crippen molar-refractivity contribution in [1.29, 1.82) is 0 Å². The van der Waals surface area contributed by atoms with Crippen LogP contribution >= 0.6 is 11.6 Å². The first-order chi connectivity index (χ1) is 14.6. The van der Waals surface area contributed by atoms with Gasteiger partial charge in [-0.3, -0.25) is 4.79 Å². The molecule has 6 nitrogen and oxygen atoms in total. The third kappa shape index (κ3) is 5.53. The molecular weight excluding hydrogens is 436 g/mol. The molecule has 0 saturated heterocycles. The number of Topliss-reactive ketones (excluding diaryl/α,β-unsaturated/α-hetero) is 1. The number of unbranched alkanes of at least 4 members (excludes halogenated alkanes) is 3. The van der Waals surface area contributed by atoms with Gasteiger partial charge in [-0.25, -0.2) is 13.4 Å². The Balaban J connectivity index is 1.94. The Morgan fingerprint density at radius 1 is 1.10 bits per heavy atom. The number of carbonyl (C=O) groups excluding carboxylic acids is 1. The molecule has 0 amide bonds. The SMILES string of the molecule is CCCCCCC(=O)C1(O)CN(c2ccc(Cl)cc2)C(c2ccc(S(C)(=O)=O)cc2)=N1. The first-order valence-corrected chi connectivity index (χ1v) is 12.6. The van der Waals surface area contributed by atoms with E-state index in [2.05, 4.69) is 11.9 Å². The number of amidine groups is 1.